The second-order valence-corrected chi connectivity index (χ2v) is 6.49. The Balaban J connectivity index is 2.36. The molecule has 0 spiro atoms. The number of amides is 1. The molecule has 1 amide bonds. The van der Waals surface area contributed by atoms with Crippen LogP contribution in [0.1, 0.15) is 17.4 Å². The van der Waals surface area contributed by atoms with E-state index in [9.17, 15) is 9.59 Å². The Morgan fingerprint density at radius 3 is 2.30 bits per heavy atom. The molecule has 0 saturated carbocycles. The van der Waals surface area contributed by atoms with E-state index < -0.39 is 12.3 Å². The van der Waals surface area contributed by atoms with Gasteiger partial charge in [0, 0.05) is 32.2 Å². The van der Waals surface area contributed by atoms with Gasteiger partial charge in [0.05, 0.1) is 38.6 Å². The summed E-state index contributed by atoms with van der Waals surface area (Å²) in [4.78, 5) is 29.9. The van der Waals surface area contributed by atoms with Crippen molar-refractivity contribution in [2.45, 2.75) is 13.2 Å². The number of ether oxygens (including phenoxy) is 5. The summed E-state index contributed by atoms with van der Waals surface area (Å²) in [6, 6.07) is 3.39. The van der Waals surface area contributed by atoms with Gasteiger partial charge in [-0.05, 0) is 20.0 Å². The molecule has 0 atom stereocenters. The quantitative estimate of drug-likeness (QED) is 0.416. The molecule has 1 heterocycles. The summed E-state index contributed by atoms with van der Waals surface area (Å²) >= 11 is 0. The van der Waals surface area contributed by atoms with E-state index in [1.165, 1.54) is 28.4 Å². The minimum absolute atomic E-state index is 0.0610. The summed E-state index contributed by atoms with van der Waals surface area (Å²) in [6.07, 6.45) is -0.456. The van der Waals surface area contributed by atoms with Gasteiger partial charge in [0.25, 0.3) is 0 Å². The molecule has 0 bridgehead atoms. The SMILES string of the molecule is CCOC(=O)c1[nH]c2cc(OC)c(OC)cc2c1NC(=O)CN(C)CC(OC)OC. The van der Waals surface area contributed by atoms with E-state index in [0.29, 0.717) is 34.6 Å². The highest BCUT2D eigenvalue weighted by atomic mass is 16.7. The number of esters is 1. The number of rotatable bonds is 11. The zero-order valence-corrected chi connectivity index (χ0v) is 18.2. The molecule has 1 aromatic heterocycles. The number of hydrogen-bond acceptors (Lipinski definition) is 8. The molecule has 0 aliphatic rings. The van der Waals surface area contributed by atoms with Crippen LogP contribution in [0.25, 0.3) is 10.9 Å². The Kier molecular flexibility index (Phi) is 8.46. The van der Waals surface area contributed by atoms with E-state index in [4.69, 9.17) is 23.7 Å². The van der Waals surface area contributed by atoms with Crippen molar-refractivity contribution in [2.24, 2.45) is 0 Å². The third-order valence-electron chi connectivity index (χ3n) is 4.45. The Morgan fingerprint density at radius 1 is 1.10 bits per heavy atom. The van der Waals surface area contributed by atoms with Crippen molar-refractivity contribution in [3.63, 3.8) is 0 Å². The van der Waals surface area contributed by atoms with Gasteiger partial charge in [-0.2, -0.15) is 0 Å². The highest BCUT2D eigenvalue weighted by Crippen LogP contribution is 2.37. The van der Waals surface area contributed by atoms with Crippen molar-refractivity contribution in [2.75, 3.05) is 60.5 Å². The predicted octanol–water partition coefficient (Wildman–Crippen LogP) is 1.85. The van der Waals surface area contributed by atoms with Gasteiger partial charge in [-0.1, -0.05) is 0 Å². The normalized spacial score (nSPS) is 11.2. The Morgan fingerprint density at radius 2 is 1.73 bits per heavy atom. The second-order valence-electron chi connectivity index (χ2n) is 6.49. The van der Waals surface area contributed by atoms with Crippen molar-refractivity contribution in [3.05, 3.63) is 17.8 Å². The topological polar surface area (TPSA) is 111 Å². The first-order chi connectivity index (χ1) is 14.4. The van der Waals surface area contributed by atoms with Gasteiger partial charge >= 0.3 is 5.97 Å². The summed E-state index contributed by atoms with van der Waals surface area (Å²) in [7, 11) is 7.85. The molecule has 2 N–H and O–H groups in total. The van der Waals surface area contributed by atoms with Crippen LogP contribution in [0.4, 0.5) is 5.69 Å². The molecule has 10 heteroatoms. The maximum absolute atomic E-state index is 12.7. The minimum Gasteiger partial charge on any atom is -0.493 e. The lowest BCUT2D eigenvalue weighted by molar-refractivity contribution is -0.124. The molecule has 0 saturated heterocycles. The molecule has 0 aliphatic heterocycles. The Labute approximate surface area is 175 Å². The lowest BCUT2D eigenvalue weighted by Crippen LogP contribution is -2.37. The summed E-state index contributed by atoms with van der Waals surface area (Å²) in [5, 5.41) is 3.41. The van der Waals surface area contributed by atoms with Crippen LogP contribution in [0.15, 0.2) is 12.1 Å². The van der Waals surface area contributed by atoms with Crippen LogP contribution in [0.5, 0.6) is 11.5 Å². The predicted molar refractivity (Wildman–Crippen MR) is 111 cm³/mol. The zero-order chi connectivity index (χ0) is 22.3. The molecular formula is C20H29N3O7. The average molecular weight is 423 g/mol. The monoisotopic (exact) mass is 423 g/mol. The number of methoxy groups -OCH3 is 4. The van der Waals surface area contributed by atoms with Crippen molar-refractivity contribution in [1.29, 1.82) is 0 Å². The maximum Gasteiger partial charge on any atom is 0.356 e. The fourth-order valence-corrected chi connectivity index (χ4v) is 3.00. The molecule has 30 heavy (non-hydrogen) atoms. The molecule has 2 rings (SSSR count). The van der Waals surface area contributed by atoms with Gasteiger partial charge < -0.3 is 34.0 Å². The molecule has 0 radical (unpaired) electrons. The highest BCUT2D eigenvalue weighted by molar-refractivity contribution is 6.11. The van der Waals surface area contributed by atoms with E-state index in [-0.39, 0.29) is 24.8 Å². The number of aromatic amines is 1. The van der Waals surface area contributed by atoms with Crippen LogP contribution in [0, 0.1) is 0 Å². The number of hydrogen-bond donors (Lipinski definition) is 2. The average Bonchev–Trinajstić information content (AvgIpc) is 3.08. The molecule has 0 fully saturated rings. The van der Waals surface area contributed by atoms with Crippen LogP contribution < -0.4 is 14.8 Å². The zero-order valence-electron chi connectivity index (χ0n) is 18.2. The first kappa shape index (κ1) is 23.5. The smallest absolute Gasteiger partial charge is 0.356 e. The minimum atomic E-state index is -0.575. The van der Waals surface area contributed by atoms with Gasteiger partial charge in [-0.3, -0.25) is 9.69 Å². The number of nitrogens with zero attached hydrogens (tertiary/aromatic N) is 1. The molecular weight excluding hydrogens is 394 g/mol. The van der Waals surface area contributed by atoms with Gasteiger partial charge in [0.2, 0.25) is 5.91 Å². The second kappa shape index (κ2) is 10.8. The maximum atomic E-state index is 12.7. The van der Waals surface area contributed by atoms with Crippen molar-refractivity contribution in [1.82, 2.24) is 9.88 Å². The van der Waals surface area contributed by atoms with Gasteiger partial charge in [0.15, 0.2) is 17.8 Å². The van der Waals surface area contributed by atoms with E-state index in [0.717, 1.165) is 0 Å². The van der Waals surface area contributed by atoms with E-state index in [1.54, 1.807) is 31.0 Å². The van der Waals surface area contributed by atoms with Crippen LogP contribution in [0.3, 0.4) is 0 Å². The highest BCUT2D eigenvalue weighted by Gasteiger charge is 2.23. The number of fused-ring (bicyclic) bond motifs is 1. The number of anilines is 1. The Bertz CT molecular complexity index is 877. The van der Waals surface area contributed by atoms with E-state index >= 15 is 0 Å². The van der Waals surface area contributed by atoms with Crippen LogP contribution in [-0.2, 0) is 19.0 Å². The number of carbonyl (C=O) groups is 2. The third kappa shape index (κ3) is 5.41. The lowest BCUT2D eigenvalue weighted by atomic mass is 10.2. The van der Waals surface area contributed by atoms with Crippen LogP contribution in [0.2, 0.25) is 0 Å². The van der Waals surface area contributed by atoms with Crippen molar-refractivity contribution < 1.29 is 33.3 Å². The molecule has 10 nitrogen and oxygen atoms in total. The number of nitrogens with one attached hydrogen (secondary N) is 2. The first-order valence-electron chi connectivity index (χ1n) is 9.37. The van der Waals surface area contributed by atoms with Crippen molar-refractivity contribution >= 4 is 28.5 Å². The fraction of sp³-hybridized carbons (Fsp3) is 0.500. The number of aromatic nitrogens is 1. The van der Waals surface area contributed by atoms with Crippen LogP contribution >= 0.6 is 0 Å². The molecule has 0 aliphatic carbocycles. The molecule has 1 aromatic carbocycles. The number of H-pyrrole nitrogens is 1. The van der Waals surface area contributed by atoms with Crippen LogP contribution in [-0.4, -0.2) is 83.2 Å². The van der Waals surface area contributed by atoms with Gasteiger partial charge in [-0.25, -0.2) is 4.79 Å². The van der Waals surface area contributed by atoms with Gasteiger partial charge in [-0.15, -0.1) is 0 Å². The van der Waals surface area contributed by atoms with Crippen molar-refractivity contribution in [3.8, 4) is 11.5 Å². The number of benzene rings is 1. The number of likely N-dealkylation sites (N-methyl/N-ethyl adjacent to an activating group) is 1. The summed E-state index contributed by atoms with van der Waals surface area (Å²) in [5.74, 6) is 0.0679. The van der Waals surface area contributed by atoms with E-state index in [1.807, 2.05) is 0 Å². The summed E-state index contributed by atoms with van der Waals surface area (Å²) in [5.41, 5.74) is 1.06. The van der Waals surface area contributed by atoms with Gasteiger partial charge in [0.1, 0.15) is 5.69 Å². The third-order valence-corrected chi connectivity index (χ3v) is 4.45. The van der Waals surface area contributed by atoms with E-state index in [2.05, 4.69) is 10.3 Å². The Hall–Kier alpha value is -2.82. The summed E-state index contributed by atoms with van der Waals surface area (Å²) in [6.45, 7) is 2.36. The molecule has 2 aromatic rings. The fourth-order valence-electron chi connectivity index (χ4n) is 3.00. The largest absolute Gasteiger partial charge is 0.493 e. The lowest BCUT2D eigenvalue weighted by Gasteiger charge is -2.21. The summed E-state index contributed by atoms with van der Waals surface area (Å²) < 4.78 is 26.1. The molecule has 0 unspecified atom stereocenters. The standard InChI is InChI=1S/C20H29N3O7/c1-7-30-20(25)19-18(22-16(24)10-23(2)11-17(28-5)29-6)12-8-14(26-3)15(27-4)9-13(12)21-19/h8-9,17,21H,7,10-11H2,1-6H3,(H,22,24). The number of carbonyl (C=O) groups excluding carboxylic acids is 2. The first-order valence-corrected chi connectivity index (χ1v) is 9.37. The molecule has 166 valence electrons.